The fraction of sp³-hybridized carbons (Fsp3) is 0.900. The number of piperidine rings is 1. The highest BCUT2D eigenvalue weighted by Crippen LogP contribution is 2.40. The predicted octanol–water partition coefficient (Wildman–Crippen LogP) is 1.94. The molecule has 0 aromatic rings. The Hall–Kier alpha value is -1.30. The van der Waals surface area contributed by atoms with Crippen LogP contribution in [0.3, 0.4) is 0 Å². The van der Waals surface area contributed by atoms with E-state index in [4.69, 9.17) is 5.73 Å². The number of rotatable bonds is 2. The lowest BCUT2D eigenvalue weighted by Gasteiger charge is -2.46. The van der Waals surface area contributed by atoms with Crippen LogP contribution < -0.4 is 11.1 Å². The van der Waals surface area contributed by atoms with Gasteiger partial charge < -0.3 is 20.9 Å². The maximum Gasteiger partial charge on any atom is 0.320 e. The van der Waals surface area contributed by atoms with Crippen LogP contribution in [0.4, 0.5) is 4.79 Å². The molecule has 6 heteroatoms. The summed E-state index contributed by atoms with van der Waals surface area (Å²) >= 11 is 0. The third-order valence-electron chi connectivity index (χ3n) is 7.12. The average Bonchev–Trinajstić information content (AvgIpc) is 3.16. The smallest absolute Gasteiger partial charge is 0.320 e. The SMILES string of the molecule is NC1CC2CCCC(C1)C2NC(=O)C1CCCN(C(=O)N2CCCC2)C1. The topological polar surface area (TPSA) is 78.7 Å². The summed E-state index contributed by atoms with van der Waals surface area (Å²) in [5, 5.41) is 3.39. The van der Waals surface area contributed by atoms with E-state index in [9.17, 15) is 9.59 Å². The number of carbonyl (C=O) groups is 2. The van der Waals surface area contributed by atoms with Crippen LogP contribution in [0.1, 0.15) is 57.8 Å². The van der Waals surface area contributed by atoms with Gasteiger partial charge in [-0.3, -0.25) is 4.79 Å². The highest BCUT2D eigenvalue weighted by molar-refractivity contribution is 5.81. The summed E-state index contributed by atoms with van der Waals surface area (Å²) in [5.74, 6) is 1.22. The first-order valence-corrected chi connectivity index (χ1v) is 10.7. The van der Waals surface area contributed by atoms with Crippen LogP contribution in [0.25, 0.3) is 0 Å². The van der Waals surface area contributed by atoms with Crippen molar-refractivity contribution in [2.75, 3.05) is 26.2 Å². The van der Waals surface area contributed by atoms with E-state index in [1.807, 2.05) is 9.80 Å². The van der Waals surface area contributed by atoms with Crippen molar-refractivity contribution < 1.29 is 9.59 Å². The molecular weight excluding hydrogens is 328 g/mol. The molecule has 3 N–H and O–H groups in total. The van der Waals surface area contributed by atoms with Gasteiger partial charge in [-0.15, -0.1) is 0 Å². The molecule has 2 heterocycles. The van der Waals surface area contributed by atoms with E-state index < -0.39 is 0 Å². The van der Waals surface area contributed by atoms with Crippen molar-refractivity contribution in [3.05, 3.63) is 0 Å². The Bertz CT molecular complexity index is 520. The lowest BCUT2D eigenvalue weighted by molar-refractivity contribution is -0.128. The minimum atomic E-state index is -0.0494. The van der Waals surface area contributed by atoms with E-state index in [0.717, 1.165) is 58.2 Å². The number of urea groups is 1. The zero-order valence-electron chi connectivity index (χ0n) is 15.9. The minimum absolute atomic E-state index is 0.0494. The van der Waals surface area contributed by atoms with Crippen molar-refractivity contribution in [3.63, 3.8) is 0 Å². The third kappa shape index (κ3) is 3.71. The molecule has 3 unspecified atom stereocenters. The van der Waals surface area contributed by atoms with Crippen molar-refractivity contribution >= 4 is 11.9 Å². The van der Waals surface area contributed by atoms with E-state index in [-0.39, 0.29) is 17.9 Å². The Morgan fingerprint density at radius 2 is 1.50 bits per heavy atom. The zero-order chi connectivity index (χ0) is 18.1. The number of hydrogen-bond donors (Lipinski definition) is 2. The summed E-state index contributed by atoms with van der Waals surface area (Å²) in [7, 11) is 0. The Morgan fingerprint density at radius 3 is 2.19 bits per heavy atom. The predicted molar refractivity (Wildman–Crippen MR) is 100 cm³/mol. The molecule has 146 valence electrons. The summed E-state index contributed by atoms with van der Waals surface area (Å²) in [6, 6.07) is 0.753. The molecule has 2 aliphatic carbocycles. The molecule has 2 bridgehead atoms. The first-order valence-electron chi connectivity index (χ1n) is 10.7. The molecule has 4 rings (SSSR count). The summed E-state index contributed by atoms with van der Waals surface area (Å²) in [5.41, 5.74) is 6.21. The second-order valence-corrected chi connectivity index (χ2v) is 8.98. The van der Waals surface area contributed by atoms with Gasteiger partial charge in [0.2, 0.25) is 5.91 Å². The molecule has 2 aliphatic heterocycles. The minimum Gasteiger partial charge on any atom is -0.353 e. The van der Waals surface area contributed by atoms with Gasteiger partial charge in [0.25, 0.3) is 0 Å². The van der Waals surface area contributed by atoms with Gasteiger partial charge in [-0.25, -0.2) is 4.79 Å². The van der Waals surface area contributed by atoms with E-state index in [0.29, 0.717) is 30.5 Å². The highest BCUT2D eigenvalue weighted by atomic mass is 16.2. The van der Waals surface area contributed by atoms with Gasteiger partial charge in [0.1, 0.15) is 0 Å². The normalized spacial score (nSPS) is 37.5. The number of nitrogens with one attached hydrogen (secondary N) is 1. The van der Waals surface area contributed by atoms with Crippen LogP contribution in [0.5, 0.6) is 0 Å². The van der Waals surface area contributed by atoms with Gasteiger partial charge in [-0.2, -0.15) is 0 Å². The van der Waals surface area contributed by atoms with Gasteiger partial charge in [0.15, 0.2) is 0 Å². The molecule has 4 fully saturated rings. The van der Waals surface area contributed by atoms with E-state index in [1.165, 1.54) is 19.3 Å². The number of nitrogens with two attached hydrogens (primary N) is 1. The van der Waals surface area contributed by atoms with Crippen molar-refractivity contribution in [1.29, 1.82) is 0 Å². The lowest BCUT2D eigenvalue weighted by Crippen LogP contribution is -2.56. The molecule has 3 amide bonds. The number of amides is 3. The van der Waals surface area contributed by atoms with Gasteiger partial charge in [-0.05, 0) is 63.2 Å². The van der Waals surface area contributed by atoms with Gasteiger partial charge >= 0.3 is 6.03 Å². The summed E-state index contributed by atoms with van der Waals surface area (Å²) < 4.78 is 0. The molecule has 0 aromatic heterocycles. The fourth-order valence-corrected chi connectivity index (χ4v) is 5.78. The van der Waals surface area contributed by atoms with Crippen LogP contribution in [0.15, 0.2) is 0 Å². The molecule has 26 heavy (non-hydrogen) atoms. The van der Waals surface area contributed by atoms with Crippen molar-refractivity contribution in [3.8, 4) is 0 Å². The molecule has 4 aliphatic rings. The largest absolute Gasteiger partial charge is 0.353 e. The first-order chi connectivity index (χ1) is 12.6. The molecule has 0 aromatic carbocycles. The Balaban J connectivity index is 1.35. The third-order valence-corrected chi connectivity index (χ3v) is 7.12. The Labute approximate surface area is 156 Å². The molecule has 3 atom stereocenters. The molecular formula is C20H34N4O2. The fourth-order valence-electron chi connectivity index (χ4n) is 5.78. The first kappa shape index (κ1) is 18.1. The second kappa shape index (κ2) is 7.75. The standard InChI is InChI=1S/C20H34N4O2/c21-17-11-14-5-3-6-15(12-17)18(14)22-19(25)16-7-4-10-24(13-16)20(26)23-8-1-2-9-23/h14-18H,1-13,21H2,(H,22,25). The molecule has 6 nitrogen and oxygen atoms in total. The number of nitrogens with zero attached hydrogens (tertiary/aromatic N) is 2. The molecule has 0 radical (unpaired) electrons. The van der Waals surface area contributed by atoms with Crippen LogP contribution in [0, 0.1) is 17.8 Å². The monoisotopic (exact) mass is 362 g/mol. The Kier molecular flexibility index (Phi) is 5.39. The van der Waals surface area contributed by atoms with Gasteiger partial charge in [-0.1, -0.05) is 6.42 Å². The molecule has 0 spiro atoms. The van der Waals surface area contributed by atoms with Crippen molar-refractivity contribution in [2.24, 2.45) is 23.5 Å². The zero-order valence-corrected chi connectivity index (χ0v) is 15.9. The quantitative estimate of drug-likeness (QED) is 0.788. The van der Waals surface area contributed by atoms with Gasteiger partial charge in [0, 0.05) is 38.3 Å². The van der Waals surface area contributed by atoms with Crippen LogP contribution >= 0.6 is 0 Å². The number of likely N-dealkylation sites (tertiary alicyclic amines) is 2. The summed E-state index contributed by atoms with van der Waals surface area (Å²) in [6.45, 7) is 3.13. The maximum atomic E-state index is 13.0. The van der Waals surface area contributed by atoms with E-state index >= 15 is 0 Å². The van der Waals surface area contributed by atoms with Crippen molar-refractivity contribution in [2.45, 2.75) is 69.9 Å². The molecule has 2 saturated heterocycles. The van der Waals surface area contributed by atoms with Crippen molar-refractivity contribution in [1.82, 2.24) is 15.1 Å². The molecule has 2 saturated carbocycles. The summed E-state index contributed by atoms with van der Waals surface area (Å²) in [4.78, 5) is 29.5. The second-order valence-electron chi connectivity index (χ2n) is 8.98. The van der Waals surface area contributed by atoms with Crippen LogP contribution in [0.2, 0.25) is 0 Å². The van der Waals surface area contributed by atoms with E-state index in [2.05, 4.69) is 5.32 Å². The maximum absolute atomic E-state index is 13.0. The summed E-state index contributed by atoms with van der Waals surface area (Å²) in [6.07, 6.45) is 9.80. The highest BCUT2D eigenvalue weighted by Gasteiger charge is 2.41. The van der Waals surface area contributed by atoms with E-state index in [1.54, 1.807) is 0 Å². The van der Waals surface area contributed by atoms with Crippen LogP contribution in [-0.2, 0) is 4.79 Å². The average molecular weight is 363 g/mol. The number of carbonyl (C=O) groups excluding carboxylic acids is 2. The lowest BCUT2D eigenvalue weighted by atomic mass is 9.67. The number of hydrogen-bond acceptors (Lipinski definition) is 3. The van der Waals surface area contributed by atoms with Gasteiger partial charge in [0.05, 0.1) is 5.92 Å². The number of fused-ring (bicyclic) bond motifs is 2. The van der Waals surface area contributed by atoms with Crippen LogP contribution in [-0.4, -0.2) is 60.0 Å². The Morgan fingerprint density at radius 1 is 0.846 bits per heavy atom.